The van der Waals surface area contributed by atoms with Gasteiger partial charge in [-0.05, 0) is 78.5 Å². The fourth-order valence-corrected chi connectivity index (χ4v) is 5.51. The summed E-state index contributed by atoms with van der Waals surface area (Å²) in [4.78, 5) is 25.4. The number of carbonyl (C=O) groups excluding carboxylic acids is 1. The van der Waals surface area contributed by atoms with E-state index in [1.807, 2.05) is 24.3 Å². The van der Waals surface area contributed by atoms with Gasteiger partial charge in [0.15, 0.2) is 0 Å². The molecule has 1 amide bonds. The first kappa shape index (κ1) is 27.5. The van der Waals surface area contributed by atoms with Crippen LogP contribution in [0.25, 0.3) is 0 Å². The number of aliphatic carboxylic acids is 1. The minimum absolute atomic E-state index is 0.0935. The van der Waals surface area contributed by atoms with Gasteiger partial charge >= 0.3 is 5.97 Å². The summed E-state index contributed by atoms with van der Waals surface area (Å²) in [7, 11) is 0. The number of benzene rings is 2. The van der Waals surface area contributed by atoms with Crippen LogP contribution in [0.15, 0.2) is 42.5 Å². The second kappa shape index (κ2) is 12.2. The van der Waals surface area contributed by atoms with Gasteiger partial charge in [-0.2, -0.15) is 0 Å². The summed E-state index contributed by atoms with van der Waals surface area (Å²) in [5.41, 5.74) is 3.07. The number of carboxylic acid groups (broad SMARTS) is 1. The summed E-state index contributed by atoms with van der Waals surface area (Å²) in [6, 6.07) is 13.7. The van der Waals surface area contributed by atoms with Crippen LogP contribution in [0.2, 0.25) is 10.0 Å². The molecule has 2 aromatic carbocycles. The molecule has 1 aliphatic rings. The van der Waals surface area contributed by atoms with Crippen LogP contribution in [0.4, 0.5) is 0 Å². The molecule has 0 bridgehead atoms. The molecule has 1 saturated carbocycles. The van der Waals surface area contributed by atoms with Gasteiger partial charge < -0.3 is 10.4 Å². The Morgan fingerprint density at radius 2 is 1.51 bits per heavy atom. The molecule has 7 heteroatoms. The maximum atomic E-state index is 12.3. The van der Waals surface area contributed by atoms with Gasteiger partial charge in [-0.15, -0.1) is 0 Å². The van der Waals surface area contributed by atoms with E-state index in [9.17, 15) is 9.59 Å². The quantitative estimate of drug-likeness (QED) is 0.382. The van der Waals surface area contributed by atoms with Gasteiger partial charge in [-0.3, -0.25) is 14.5 Å². The van der Waals surface area contributed by atoms with Crippen molar-refractivity contribution < 1.29 is 14.7 Å². The average Bonchev–Trinajstić information content (AvgIpc) is 2.77. The van der Waals surface area contributed by atoms with Crippen molar-refractivity contribution in [2.45, 2.75) is 72.0 Å². The summed E-state index contributed by atoms with van der Waals surface area (Å²) < 4.78 is 0. The maximum absolute atomic E-state index is 12.3. The van der Waals surface area contributed by atoms with Crippen LogP contribution in [0.3, 0.4) is 0 Å². The molecule has 0 atom stereocenters. The summed E-state index contributed by atoms with van der Waals surface area (Å²) in [6.07, 6.45) is 4.65. The predicted molar refractivity (Wildman–Crippen MR) is 142 cm³/mol. The van der Waals surface area contributed by atoms with E-state index in [0.29, 0.717) is 27.1 Å². The molecule has 0 heterocycles. The van der Waals surface area contributed by atoms with Crippen molar-refractivity contribution in [3.63, 3.8) is 0 Å². The third kappa shape index (κ3) is 8.52. The number of halogens is 2. The lowest BCUT2D eigenvalue weighted by Crippen LogP contribution is -2.39. The summed E-state index contributed by atoms with van der Waals surface area (Å²) in [5.74, 6) is -0.456. The Hall–Kier alpha value is -2.08. The standard InChI is InChI=1S/C28H36Cl2N2O3/c1-28(2,3)22-8-10-25(11-9-22)32(18-20-14-23(29)16-24(30)15-20)17-19-4-6-21(7-5-19)27(35)31-13-12-26(33)34/h4-7,14-16,22,25H,8-13,17-18H2,1-3H3,(H,31,35)(H,33,34). The van der Waals surface area contributed by atoms with Gasteiger partial charge in [-0.1, -0.05) is 56.1 Å². The topological polar surface area (TPSA) is 69.6 Å². The summed E-state index contributed by atoms with van der Waals surface area (Å²) in [5, 5.41) is 12.7. The molecule has 1 aliphatic carbocycles. The zero-order valence-corrected chi connectivity index (χ0v) is 22.3. The second-order valence-electron chi connectivity index (χ2n) is 10.7. The molecule has 2 N–H and O–H groups in total. The normalized spacial score (nSPS) is 18.5. The minimum Gasteiger partial charge on any atom is -0.481 e. The predicted octanol–water partition coefficient (Wildman–Crippen LogP) is 6.81. The van der Waals surface area contributed by atoms with Crippen molar-refractivity contribution in [1.29, 1.82) is 0 Å². The molecule has 35 heavy (non-hydrogen) atoms. The van der Waals surface area contributed by atoms with Gasteiger partial charge in [0, 0.05) is 41.3 Å². The van der Waals surface area contributed by atoms with E-state index in [1.165, 1.54) is 12.8 Å². The summed E-state index contributed by atoms with van der Waals surface area (Å²) >= 11 is 12.6. The van der Waals surface area contributed by atoms with Crippen LogP contribution >= 0.6 is 23.2 Å². The monoisotopic (exact) mass is 518 g/mol. The van der Waals surface area contributed by atoms with Crippen molar-refractivity contribution in [3.05, 3.63) is 69.2 Å². The lowest BCUT2D eigenvalue weighted by atomic mass is 9.71. The number of nitrogens with zero attached hydrogens (tertiary/aromatic N) is 1. The molecular weight excluding hydrogens is 483 g/mol. The Kier molecular flexibility index (Phi) is 9.62. The first-order chi connectivity index (χ1) is 16.5. The fourth-order valence-electron chi connectivity index (χ4n) is 4.94. The number of nitrogens with one attached hydrogen (secondary N) is 1. The average molecular weight is 520 g/mol. The van der Waals surface area contributed by atoms with Crippen molar-refractivity contribution in [2.24, 2.45) is 11.3 Å². The lowest BCUT2D eigenvalue weighted by Gasteiger charge is -2.41. The number of hydrogen-bond acceptors (Lipinski definition) is 3. The van der Waals surface area contributed by atoms with Gasteiger partial charge in [0.2, 0.25) is 0 Å². The number of carboxylic acids is 1. The number of hydrogen-bond donors (Lipinski definition) is 2. The second-order valence-corrected chi connectivity index (χ2v) is 11.5. The van der Waals surface area contributed by atoms with E-state index < -0.39 is 5.97 Å². The smallest absolute Gasteiger partial charge is 0.305 e. The third-order valence-electron chi connectivity index (χ3n) is 6.97. The highest BCUT2D eigenvalue weighted by molar-refractivity contribution is 6.34. The van der Waals surface area contributed by atoms with Gasteiger partial charge in [0.05, 0.1) is 6.42 Å². The van der Waals surface area contributed by atoms with Crippen LogP contribution < -0.4 is 5.32 Å². The van der Waals surface area contributed by atoms with E-state index in [0.717, 1.165) is 43.0 Å². The Labute approximate surface area is 218 Å². The Bertz CT molecular complexity index is 990. The zero-order valence-electron chi connectivity index (χ0n) is 20.8. The van der Waals surface area contributed by atoms with Gasteiger partial charge in [0.1, 0.15) is 0 Å². The number of amides is 1. The highest BCUT2D eigenvalue weighted by atomic mass is 35.5. The van der Waals surface area contributed by atoms with Gasteiger partial charge in [-0.25, -0.2) is 0 Å². The molecule has 0 aliphatic heterocycles. The van der Waals surface area contributed by atoms with E-state index in [2.05, 4.69) is 31.0 Å². The molecule has 1 fully saturated rings. The molecular formula is C28H36Cl2N2O3. The minimum atomic E-state index is -0.932. The van der Waals surface area contributed by atoms with Crippen molar-refractivity contribution in [3.8, 4) is 0 Å². The SMILES string of the molecule is CC(C)(C)C1CCC(N(Cc2ccc(C(=O)NCCC(=O)O)cc2)Cc2cc(Cl)cc(Cl)c2)CC1. The van der Waals surface area contributed by atoms with Crippen LogP contribution in [0.1, 0.15) is 74.4 Å². The molecule has 2 aromatic rings. The van der Waals surface area contributed by atoms with Crippen molar-refractivity contribution in [2.75, 3.05) is 6.54 Å². The van der Waals surface area contributed by atoms with E-state index in [1.54, 1.807) is 18.2 Å². The highest BCUT2D eigenvalue weighted by Gasteiger charge is 2.32. The van der Waals surface area contributed by atoms with E-state index in [-0.39, 0.29) is 18.9 Å². The highest BCUT2D eigenvalue weighted by Crippen LogP contribution is 2.39. The fraction of sp³-hybridized carbons (Fsp3) is 0.500. The van der Waals surface area contributed by atoms with E-state index >= 15 is 0 Å². The molecule has 0 aromatic heterocycles. The van der Waals surface area contributed by atoms with Crippen LogP contribution in [0, 0.1) is 11.3 Å². The van der Waals surface area contributed by atoms with Crippen LogP contribution in [0.5, 0.6) is 0 Å². The molecule has 0 radical (unpaired) electrons. The number of rotatable bonds is 9. The van der Waals surface area contributed by atoms with Gasteiger partial charge in [0.25, 0.3) is 5.91 Å². The van der Waals surface area contributed by atoms with Crippen molar-refractivity contribution >= 4 is 35.1 Å². The van der Waals surface area contributed by atoms with Crippen LogP contribution in [-0.2, 0) is 17.9 Å². The molecule has 5 nitrogen and oxygen atoms in total. The molecule has 3 rings (SSSR count). The lowest BCUT2D eigenvalue weighted by molar-refractivity contribution is -0.136. The zero-order chi connectivity index (χ0) is 25.6. The summed E-state index contributed by atoms with van der Waals surface area (Å²) in [6.45, 7) is 8.64. The molecule has 190 valence electrons. The third-order valence-corrected chi connectivity index (χ3v) is 7.41. The van der Waals surface area contributed by atoms with Crippen molar-refractivity contribution in [1.82, 2.24) is 10.2 Å². The van der Waals surface area contributed by atoms with Crippen LogP contribution in [-0.4, -0.2) is 34.5 Å². The number of carbonyl (C=O) groups is 2. The molecule has 0 spiro atoms. The first-order valence-corrected chi connectivity index (χ1v) is 13.0. The molecule has 0 unspecified atom stereocenters. The Morgan fingerprint density at radius 3 is 2.06 bits per heavy atom. The molecule has 0 saturated heterocycles. The first-order valence-electron chi connectivity index (χ1n) is 12.3. The maximum Gasteiger partial charge on any atom is 0.305 e. The largest absolute Gasteiger partial charge is 0.481 e. The Morgan fingerprint density at radius 1 is 0.943 bits per heavy atom. The van der Waals surface area contributed by atoms with E-state index in [4.69, 9.17) is 28.3 Å². The Balaban J connectivity index is 1.71.